The van der Waals surface area contributed by atoms with Gasteiger partial charge in [-0.15, -0.1) is 0 Å². The molecule has 4 heteroatoms. The lowest BCUT2D eigenvalue weighted by molar-refractivity contribution is -0.121. The Morgan fingerprint density at radius 1 is 1.05 bits per heavy atom. The Morgan fingerprint density at radius 3 is 2.45 bits per heavy atom. The summed E-state index contributed by atoms with van der Waals surface area (Å²) in [5.41, 5.74) is 4.52. The number of rotatable bonds is 3. The van der Waals surface area contributed by atoms with E-state index in [1.54, 1.807) is 0 Å². The smallest absolute Gasteiger partial charge is 0.240 e. The molecule has 1 amide bonds. The van der Waals surface area contributed by atoms with E-state index in [2.05, 4.69) is 10.5 Å². The van der Waals surface area contributed by atoms with Crippen LogP contribution in [0.3, 0.4) is 0 Å². The lowest BCUT2D eigenvalue weighted by Crippen LogP contribution is -2.25. The van der Waals surface area contributed by atoms with Crippen LogP contribution in [0.25, 0.3) is 0 Å². The van der Waals surface area contributed by atoms with E-state index in [0.717, 1.165) is 17.0 Å². The van der Waals surface area contributed by atoms with E-state index in [1.807, 2.05) is 24.3 Å². The van der Waals surface area contributed by atoms with Crippen molar-refractivity contribution in [1.29, 1.82) is 0 Å². The van der Waals surface area contributed by atoms with Crippen molar-refractivity contribution >= 4 is 11.6 Å². The van der Waals surface area contributed by atoms with E-state index in [-0.39, 0.29) is 5.91 Å². The highest BCUT2D eigenvalue weighted by atomic mass is 16.5. The summed E-state index contributed by atoms with van der Waals surface area (Å²) in [4.78, 5) is 11.1. The van der Waals surface area contributed by atoms with Crippen LogP contribution < -0.4 is 10.2 Å². The molecule has 0 spiro atoms. The third-order valence-electron chi connectivity index (χ3n) is 3.95. The van der Waals surface area contributed by atoms with Gasteiger partial charge in [-0.25, -0.2) is 5.43 Å². The Kier molecular flexibility index (Phi) is 4.00. The Hall–Kier alpha value is -1.84. The number of nitrogens with one attached hydrogen (secondary N) is 1. The van der Waals surface area contributed by atoms with E-state index in [4.69, 9.17) is 4.74 Å². The second-order valence-corrected chi connectivity index (χ2v) is 5.50. The Morgan fingerprint density at radius 2 is 1.80 bits per heavy atom. The third-order valence-corrected chi connectivity index (χ3v) is 3.95. The molecule has 1 aromatic rings. The van der Waals surface area contributed by atoms with E-state index in [9.17, 15) is 4.79 Å². The van der Waals surface area contributed by atoms with E-state index in [0.29, 0.717) is 18.9 Å². The first kappa shape index (κ1) is 13.2. The number of nitrogens with zero attached hydrogens (tertiary/aromatic N) is 1. The first-order chi connectivity index (χ1) is 9.81. The fraction of sp³-hybridized carbons (Fsp3) is 0.500. The number of hydrogen-bond acceptors (Lipinski definition) is 3. The first-order valence-corrected chi connectivity index (χ1v) is 7.44. The highest BCUT2D eigenvalue weighted by Crippen LogP contribution is 2.24. The molecule has 1 heterocycles. The fourth-order valence-electron chi connectivity index (χ4n) is 2.78. The summed E-state index contributed by atoms with van der Waals surface area (Å²) in [6.45, 7) is 0. The summed E-state index contributed by atoms with van der Waals surface area (Å²) in [7, 11) is 0. The monoisotopic (exact) mass is 272 g/mol. The topological polar surface area (TPSA) is 50.7 Å². The SMILES string of the molecule is O=C1CCC(c2ccc(OC3CCCCC3)cc2)=NN1. The highest BCUT2D eigenvalue weighted by molar-refractivity contribution is 6.04. The van der Waals surface area contributed by atoms with Crippen LogP contribution >= 0.6 is 0 Å². The minimum absolute atomic E-state index is 0.00833. The second-order valence-electron chi connectivity index (χ2n) is 5.50. The number of ether oxygens (including phenoxy) is 1. The largest absolute Gasteiger partial charge is 0.490 e. The third kappa shape index (κ3) is 3.18. The molecular formula is C16H20N2O2. The van der Waals surface area contributed by atoms with E-state index in [1.165, 1.54) is 32.1 Å². The van der Waals surface area contributed by atoms with Gasteiger partial charge in [-0.05, 0) is 55.5 Å². The van der Waals surface area contributed by atoms with Crippen LogP contribution in [-0.4, -0.2) is 17.7 Å². The van der Waals surface area contributed by atoms with Gasteiger partial charge in [0, 0.05) is 12.8 Å². The predicted molar refractivity (Wildman–Crippen MR) is 77.9 cm³/mol. The summed E-state index contributed by atoms with van der Waals surface area (Å²) in [5.74, 6) is 0.923. The van der Waals surface area contributed by atoms with Crippen molar-refractivity contribution < 1.29 is 9.53 Å². The first-order valence-electron chi connectivity index (χ1n) is 7.44. The van der Waals surface area contributed by atoms with Gasteiger partial charge in [-0.1, -0.05) is 6.42 Å². The zero-order chi connectivity index (χ0) is 13.8. The lowest BCUT2D eigenvalue weighted by Gasteiger charge is -2.23. The molecule has 3 rings (SSSR count). The number of hydrogen-bond donors (Lipinski definition) is 1. The molecule has 0 radical (unpaired) electrons. The molecule has 0 saturated heterocycles. The van der Waals surface area contributed by atoms with Crippen molar-refractivity contribution in [2.24, 2.45) is 5.10 Å². The van der Waals surface area contributed by atoms with Crippen LogP contribution in [0.1, 0.15) is 50.5 Å². The summed E-state index contributed by atoms with van der Waals surface area (Å²) >= 11 is 0. The molecule has 1 N–H and O–H groups in total. The van der Waals surface area contributed by atoms with Gasteiger partial charge in [-0.3, -0.25) is 4.79 Å². The molecule has 4 nitrogen and oxygen atoms in total. The lowest BCUT2D eigenvalue weighted by atomic mass is 9.98. The molecule has 0 atom stereocenters. The van der Waals surface area contributed by atoms with Crippen molar-refractivity contribution in [3.63, 3.8) is 0 Å². The van der Waals surface area contributed by atoms with Gasteiger partial charge >= 0.3 is 0 Å². The maximum absolute atomic E-state index is 11.1. The van der Waals surface area contributed by atoms with Gasteiger partial charge in [0.25, 0.3) is 0 Å². The summed E-state index contributed by atoms with van der Waals surface area (Å²) in [5, 5.41) is 4.10. The quantitative estimate of drug-likeness (QED) is 0.919. The highest BCUT2D eigenvalue weighted by Gasteiger charge is 2.16. The Labute approximate surface area is 119 Å². The zero-order valence-electron chi connectivity index (χ0n) is 11.6. The summed E-state index contributed by atoms with van der Waals surface area (Å²) in [6.07, 6.45) is 7.82. The van der Waals surface area contributed by atoms with Gasteiger partial charge in [0.05, 0.1) is 11.8 Å². The standard InChI is InChI=1S/C16H20N2O2/c19-16-11-10-15(17-18-16)12-6-8-14(9-7-12)20-13-4-2-1-3-5-13/h6-9,13H,1-5,10-11H2,(H,18,19). The molecule has 1 aliphatic carbocycles. The van der Waals surface area contributed by atoms with Crippen molar-refractivity contribution in [3.05, 3.63) is 29.8 Å². The molecule has 0 unspecified atom stereocenters. The average Bonchev–Trinajstić information content (AvgIpc) is 2.50. The van der Waals surface area contributed by atoms with Gasteiger partial charge in [0.2, 0.25) is 5.91 Å². The molecule has 20 heavy (non-hydrogen) atoms. The molecule has 2 aliphatic rings. The Bertz CT molecular complexity index is 502. The van der Waals surface area contributed by atoms with Crippen molar-refractivity contribution in [3.8, 4) is 5.75 Å². The minimum atomic E-state index is -0.00833. The minimum Gasteiger partial charge on any atom is -0.490 e. The molecule has 1 aliphatic heterocycles. The maximum atomic E-state index is 11.1. The Balaban J connectivity index is 1.63. The summed E-state index contributed by atoms with van der Waals surface area (Å²) in [6, 6.07) is 8.05. The average molecular weight is 272 g/mol. The van der Waals surface area contributed by atoms with Crippen LogP contribution in [0, 0.1) is 0 Å². The number of hydrazone groups is 1. The van der Waals surface area contributed by atoms with Crippen molar-refractivity contribution in [2.75, 3.05) is 0 Å². The molecule has 1 fully saturated rings. The van der Waals surface area contributed by atoms with Gasteiger partial charge in [0.15, 0.2) is 0 Å². The number of benzene rings is 1. The maximum Gasteiger partial charge on any atom is 0.240 e. The molecular weight excluding hydrogens is 252 g/mol. The van der Waals surface area contributed by atoms with Crippen LogP contribution in [0.4, 0.5) is 0 Å². The normalized spacial score (nSPS) is 20.2. The van der Waals surface area contributed by atoms with Crippen LogP contribution in [0.15, 0.2) is 29.4 Å². The molecule has 106 valence electrons. The van der Waals surface area contributed by atoms with E-state index >= 15 is 0 Å². The zero-order valence-corrected chi connectivity index (χ0v) is 11.6. The van der Waals surface area contributed by atoms with Crippen LogP contribution in [0.5, 0.6) is 5.75 Å². The number of carbonyl (C=O) groups excluding carboxylic acids is 1. The molecule has 0 bridgehead atoms. The van der Waals surface area contributed by atoms with Gasteiger partial charge < -0.3 is 4.74 Å². The van der Waals surface area contributed by atoms with Crippen LogP contribution in [0.2, 0.25) is 0 Å². The number of carbonyl (C=O) groups is 1. The van der Waals surface area contributed by atoms with Gasteiger partial charge in [0.1, 0.15) is 5.75 Å². The fourth-order valence-corrected chi connectivity index (χ4v) is 2.78. The van der Waals surface area contributed by atoms with Gasteiger partial charge in [-0.2, -0.15) is 5.10 Å². The molecule has 0 aromatic heterocycles. The second kappa shape index (κ2) is 6.07. The number of amides is 1. The van der Waals surface area contributed by atoms with Crippen molar-refractivity contribution in [1.82, 2.24) is 5.43 Å². The molecule has 1 saturated carbocycles. The summed E-state index contributed by atoms with van der Waals surface area (Å²) < 4.78 is 6.01. The molecule has 1 aromatic carbocycles. The van der Waals surface area contributed by atoms with Crippen molar-refractivity contribution in [2.45, 2.75) is 51.0 Å². The van der Waals surface area contributed by atoms with E-state index < -0.39 is 0 Å². The predicted octanol–water partition coefficient (Wildman–Crippen LogP) is 3.01. The van der Waals surface area contributed by atoms with Crippen LogP contribution in [-0.2, 0) is 4.79 Å².